The van der Waals surface area contributed by atoms with Crippen molar-refractivity contribution >= 4 is 5.97 Å². The van der Waals surface area contributed by atoms with Gasteiger partial charge in [0, 0.05) is 0 Å². The number of carboxylic acid groups (broad SMARTS) is 1. The molecule has 0 radical (unpaired) electrons. The van der Waals surface area contributed by atoms with Gasteiger partial charge in [0.1, 0.15) is 0 Å². The van der Waals surface area contributed by atoms with Crippen LogP contribution in [0, 0.1) is 11.8 Å². The minimum atomic E-state index is -0.598. The van der Waals surface area contributed by atoms with Crippen LogP contribution in [0.25, 0.3) is 0 Å². The van der Waals surface area contributed by atoms with Crippen LogP contribution < -0.4 is 0 Å². The Balaban J connectivity index is 2.52. The first-order valence-corrected chi connectivity index (χ1v) is 4.44. The van der Waals surface area contributed by atoms with Crippen LogP contribution in [-0.2, 0) is 4.79 Å². The molecular weight excluding hydrogens is 140 g/mol. The van der Waals surface area contributed by atoms with Crippen LogP contribution in [0.2, 0.25) is 0 Å². The Morgan fingerprint density at radius 2 is 1.91 bits per heavy atom. The molecule has 0 amide bonds. The predicted octanol–water partition coefficient (Wildman–Crippen LogP) is 2.29. The third kappa shape index (κ3) is 2.21. The maximum Gasteiger partial charge on any atom is 0.306 e. The van der Waals surface area contributed by atoms with Gasteiger partial charge in [-0.1, -0.05) is 26.2 Å². The second-order valence-corrected chi connectivity index (χ2v) is 3.56. The lowest BCUT2D eigenvalue weighted by molar-refractivity contribution is -0.143. The molecule has 1 aliphatic carbocycles. The molecule has 0 spiro atoms. The lowest BCUT2D eigenvalue weighted by Gasteiger charge is -2.15. The molecule has 0 bridgehead atoms. The maximum atomic E-state index is 10.7. The second-order valence-electron chi connectivity index (χ2n) is 3.56. The van der Waals surface area contributed by atoms with Gasteiger partial charge in [-0.2, -0.15) is 0 Å². The van der Waals surface area contributed by atoms with E-state index in [0.29, 0.717) is 5.92 Å². The van der Waals surface area contributed by atoms with E-state index in [1.807, 2.05) is 0 Å². The minimum absolute atomic E-state index is 0.0718. The van der Waals surface area contributed by atoms with Crippen LogP contribution in [-0.4, -0.2) is 11.1 Å². The fourth-order valence-corrected chi connectivity index (χ4v) is 1.86. The molecule has 1 aliphatic rings. The molecule has 1 rings (SSSR count). The number of carbonyl (C=O) groups is 1. The molecule has 0 aromatic rings. The van der Waals surface area contributed by atoms with Crippen molar-refractivity contribution in [1.82, 2.24) is 0 Å². The van der Waals surface area contributed by atoms with Gasteiger partial charge < -0.3 is 5.11 Å². The Hall–Kier alpha value is -0.530. The quantitative estimate of drug-likeness (QED) is 0.591. The summed E-state index contributed by atoms with van der Waals surface area (Å²) >= 11 is 0. The lowest BCUT2D eigenvalue weighted by Crippen LogP contribution is -2.20. The first kappa shape index (κ1) is 8.57. The largest absolute Gasteiger partial charge is 0.481 e. The van der Waals surface area contributed by atoms with Crippen molar-refractivity contribution in [1.29, 1.82) is 0 Å². The topological polar surface area (TPSA) is 37.3 Å². The van der Waals surface area contributed by atoms with E-state index in [2.05, 4.69) is 6.92 Å². The Morgan fingerprint density at radius 3 is 2.55 bits per heavy atom. The van der Waals surface area contributed by atoms with Crippen molar-refractivity contribution in [3.63, 3.8) is 0 Å². The summed E-state index contributed by atoms with van der Waals surface area (Å²) in [6, 6.07) is 0. The van der Waals surface area contributed by atoms with Crippen LogP contribution in [0.1, 0.15) is 39.0 Å². The first-order valence-electron chi connectivity index (χ1n) is 4.44. The maximum absolute atomic E-state index is 10.7. The van der Waals surface area contributed by atoms with E-state index in [-0.39, 0.29) is 5.92 Å². The van der Waals surface area contributed by atoms with E-state index in [1.165, 1.54) is 12.8 Å². The molecule has 64 valence electrons. The number of aliphatic carboxylic acids is 1. The molecule has 0 aliphatic heterocycles. The van der Waals surface area contributed by atoms with Crippen molar-refractivity contribution in [2.75, 3.05) is 0 Å². The summed E-state index contributed by atoms with van der Waals surface area (Å²) < 4.78 is 0. The van der Waals surface area contributed by atoms with E-state index in [9.17, 15) is 4.79 Å². The SMILES string of the molecule is C[C@H]1CCCCC[C@H]1C(=O)O. The molecule has 0 heterocycles. The van der Waals surface area contributed by atoms with Crippen molar-refractivity contribution in [2.24, 2.45) is 11.8 Å². The van der Waals surface area contributed by atoms with Crippen molar-refractivity contribution in [3.8, 4) is 0 Å². The smallest absolute Gasteiger partial charge is 0.306 e. The van der Waals surface area contributed by atoms with E-state index in [4.69, 9.17) is 5.11 Å². The highest BCUT2D eigenvalue weighted by Crippen LogP contribution is 2.28. The zero-order chi connectivity index (χ0) is 8.27. The van der Waals surface area contributed by atoms with Crippen LogP contribution in [0.15, 0.2) is 0 Å². The summed E-state index contributed by atoms with van der Waals surface area (Å²) in [6.07, 6.45) is 5.51. The van der Waals surface area contributed by atoms with Crippen molar-refractivity contribution in [2.45, 2.75) is 39.0 Å². The highest BCUT2D eigenvalue weighted by atomic mass is 16.4. The van der Waals surface area contributed by atoms with Gasteiger partial charge in [0.05, 0.1) is 5.92 Å². The summed E-state index contributed by atoms with van der Waals surface area (Å²) in [5.74, 6) is -0.285. The zero-order valence-electron chi connectivity index (χ0n) is 7.05. The highest BCUT2D eigenvalue weighted by Gasteiger charge is 2.25. The van der Waals surface area contributed by atoms with E-state index < -0.39 is 5.97 Å². The fraction of sp³-hybridized carbons (Fsp3) is 0.889. The van der Waals surface area contributed by atoms with Crippen LogP contribution in [0.3, 0.4) is 0 Å². The Morgan fingerprint density at radius 1 is 1.27 bits per heavy atom. The van der Waals surface area contributed by atoms with Gasteiger partial charge in [-0.25, -0.2) is 0 Å². The summed E-state index contributed by atoms with van der Waals surface area (Å²) in [6.45, 7) is 2.06. The molecular formula is C9H16O2. The van der Waals surface area contributed by atoms with Crippen LogP contribution >= 0.6 is 0 Å². The molecule has 1 saturated carbocycles. The van der Waals surface area contributed by atoms with Crippen LogP contribution in [0.4, 0.5) is 0 Å². The van der Waals surface area contributed by atoms with E-state index in [0.717, 1.165) is 19.3 Å². The number of hydrogen-bond donors (Lipinski definition) is 1. The molecule has 2 nitrogen and oxygen atoms in total. The van der Waals surface area contributed by atoms with Gasteiger partial charge in [-0.05, 0) is 18.8 Å². The normalized spacial score (nSPS) is 32.8. The molecule has 1 fully saturated rings. The van der Waals surface area contributed by atoms with E-state index >= 15 is 0 Å². The van der Waals surface area contributed by atoms with Gasteiger partial charge in [-0.15, -0.1) is 0 Å². The molecule has 0 saturated heterocycles. The van der Waals surface area contributed by atoms with Gasteiger partial charge in [0.2, 0.25) is 0 Å². The fourth-order valence-electron chi connectivity index (χ4n) is 1.86. The van der Waals surface area contributed by atoms with Gasteiger partial charge in [0.15, 0.2) is 0 Å². The molecule has 0 aromatic carbocycles. The molecule has 1 N–H and O–H groups in total. The summed E-state index contributed by atoms with van der Waals surface area (Å²) in [5, 5.41) is 8.83. The Kier molecular flexibility index (Phi) is 2.92. The van der Waals surface area contributed by atoms with Gasteiger partial charge >= 0.3 is 5.97 Å². The summed E-state index contributed by atoms with van der Waals surface area (Å²) in [7, 11) is 0. The zero-order valence-corrected chi connectivity index (χ0v) is 7.05. The Bertz CT molecular complexity index is 142. The molecule has 11 heavy (non-hydrogen) atoms. The molecule has 2 heteroatoms. The third-order valence-electron chi connectivity index (χ3n) is 2.68. The number of rotatable bonds is 1. The van der Waals surface area contributed by atoms with Crippen molar-refractivity contribution in [3.05, 3.63) is 0 Å². The standard InChI is InChI=1S/C9H16O2/c1-7-5-3-2-4-6-8(7)9(10)11/h7-8H,2-6H2,1H3,(H,10,11)/t7-,8+/m0/s1. The first-order chi connectivity index (χ1) is 5.22. The number of hydrogen-bond acceptors (Lipinski definition) is 1. The summed E-state index contributed by atoms with van der Waals surface area (Å²) in [4.78, 5) is 10.7. The Labute approximate surface area is 67.6 Å². The van der Waals surface area contributed by atoms with Crippen molar-refractivity contribution < 1.29 is 9.90 Å². The third-order valence-corrected chi connectivity index (χ3v) is 2.68. The minimum Gasteiger partial charge on any atom is -0.481 e. The molecule has 2 atom stereocenters. The average Bonchev–Trinajstić information content (AvgIpc) is 2.13. The second kappa shape index (κ2) is 3.74. The predicted molar refractivity (Wildman–Crippen MR) is 43.4 cm³/mol. The van der Waals surface area contributed by atoms with Gasteiger partial charge in [0.25, 0.3) is 0 Å². The summed E-state index contributed by atoms with van der Waals surface area (Å²) in [5.41, 5.74) is 0. The lowest BCUT2D eigenvalue weighted by atomic mass is 9.90. The average molecular weight is 156 g/mol. The molecule has 0 unspecified atom stereocenters. The monoisotopic (exact) mass is 156 g/mol. The number of carboxylic acids is 1. The van der Waals surface area contributed by atoms with E-state index in [1.54, 1.807) is 0 Å². The van der Waals surface area contributed by atoms with Crippen LogP contribution in [0.5, 0.6) is 0 Å². The highest BCUT2D eigenvalue weighted by molar-refractivity contribution is 5.70. The van der Waals surface area contributed by atoms with Gasteiger partial charge in [-0.3, -0.25) is 4.79 Å². The molecule has 0 aromatic heterocycles.